The van der Waals surface area contributed by atoms with Crippen LogP contribution in [0, 0.1) is 5.92 Å². The molecule has 0 aliphatic heterocycles. The van der Waals surface area contributed by atoms with Gasteiger partial charge < -0.3 is 5.11 Å². The fraction of sp³-hybridized carbons (Fsp3) is 0.750. The van der Waals surface area contributed by atoms with Crippen molar-refractivity contribution < 1.29 is 9.90 Å². The molecule has 0 saturated heterocycles. The Morgan fingerprint density at radius 2 is 2.00 bits per heavy atom. The predicted molar refractivity (Wildman–Crippen MR) is 59.3 cm³/mol. The molecule has 0 spiro atoms. The van der Waals surface area contributed by atoms with E-state index in [1.807, 2.05) is 0 Å². The maximum atomic E-state index is 10.3. The quantitative estimate of drug-likeness (QED) is 0.634. The highest BCUT2D eigenvalue weighted by molar-refractivity contribution is 5.66. The highest BCUT2D eigenvalue weighted by Crippen LogP contribution is 2.14. The van der Waals surface area contributed by atoms with Crippen LogP contribution in [0.1, 0.15) is 52.9 Å². The van der Waals surface area contributed by atoms with Crippen LogP contribution in [0.25, 0.3) is 0 Å². The first kappa shape index (κ1) is 13.2. The molecule has 0 aromatic carbocycles. The van der Waals surface area contributed by atoms with Gasteiger partial charge in [0.25, 0.3) is 0 Å². The molecule has 0 heterocycles. The summed E-state index contributed by atoms with van der Waals surface area (Å²) < 4.78 is 0. The Balaban J connectivity index is 3.41. The van der Waals surface area contributed by atoms with Crippen molar-refractivity contribution in [1.29, 1.82) is 0 Å². The Labute approximate surface area is 87.0 Å². The number of carboxylic acid groups (broad SMARTS) is 1. The fourth-order valence-electron chi connectivity index (χ4n) is 1.40. The number of aliphatic carboxylic acids is 1. The number of allylic oxidation sites excluding steroid dienone is 2. The lowest BCUT2D eigenvalue weighted by Gasteiger charge is -2.08. The van der Waals surface area contributed by atoms with Gasteiger partial charge >= 0.3 is 5.97 Å². The second-order valence-corrected chi connectivity index (χ2v) is 4.25. The molecule has 0 fully saturated rings. The van der Waals surface area contributed by atoms with Crippen LogP contribution in [-0.4, -0.2) is 11.1 Å². The largest absolute Gasteiger partial charge is 0.481 e. The number of hydrogen-bond donors (Lipinski definition) is 1. The van der Waals surface area contributed by atoms with Crippen molar-refractivity contribution in [2.45, 2.75) is 52.9 Å². The third-order valence-corrected chi connectivity index (χ3v) is 2.30. The van der Waals surface area contributed by atoms with Crippen LogP contribution in [0.4, 0.5) is 0 Å². The van der Waals surface area contributed by atoms with E-state index < -0.39 is 5.97 Å². The minimum absolute atomic E-state index is 0.312. The number of carboxylic acids is 1. The molecule has 0 unspecified atom stereocenters. The average molecular weight is 198 g/mol. The maximum Gasteiger partial charge on any atom is 0.303 e. The molecule has 0 aliphatic rings. The molecule has 1 atom stereocenters. The fourth-order valence-corrected chi connectivity index (χ4v) is 1.40. The molecule has 0 bridgehead atoms. The smallest absolute Gasteiger partial charge is 0.303 e. The van der Waals surface area contributed by atoms with Crippen molar-refractivity contribution in [3.63, 3.8) is 0 Å². The normalized spacial score (nSPS) is 12.2. The maximum absolute atomic E-state index is 10.3. The lowest BCUT2D eigenvalue weighted by molar-refractivity contribution is -0.137. The topological polar surface area (TPSA) is 37.3 Å². The van der Waals surface area contributed by atoms with E-state index in [1.54, 1.807) is 0 Å². The summed E-state index contributed by atoms with van der Waals surface area (Å²) in [6.07, 6.45) is 6.69. The molecule has 1 N–H and O–H groups in total. The van der Waals surface area contributed by atoms with Crippen LogP contribution < -0.4 is 0 Å². The first-order valence-electron chi connectivity index (χ1n) is 5.37. The van der Waals surface area contributed by atoms with E-state index in [2.05, 4.69) is 26.8 Å². The SMILES string of the molecule is CC(C)=CCC[C@H](C)CCCC(=O)O. The van der Waals surface area contributed by atoms with Gasteiger partial charge in [-0.15, -0.1) is 0 Å². The average Bonchev–Trinajstić information content (AvgIpc) is 2.02. The molecular weight excluding hydrogens is 176 g/mol. The molecule has 82 valence electrons. The molecule has 0 rings (SSSR count). The van der Waals surface area contributed by atoms with Gasteiger partial charge in [0.05, 0.1) is 0 Å². The summed E-state index contributed by atoms with van der Waals surface area (Å²) in [7, 11) is 0. The standard InChI is InChI=1S/C12H22O2/c1-10(2)6-4-7-11(3)8-5-9-12(13)14/h6,11H,4-5,7-9H2,1-3H3,(H,13,14)/t11-/m0/s1. The first-order valence-corrected chi connectivity index (χ1v) is 5.37. The Hall–Kier alpha value is -0.790. The third-order valence-electron chi connectivity index (χ3n) is 2.30. The Morgan fingerprint density at radius 3 is 2.50 bits per heavy atom. The highest BCUT2D eigenvalue weighted by atomic mass is 16.4. The molecule has 2 nitrogen and oxygen atoms in total. The highest BCUT2D eigenvalue weighted by Gasteiger charge is 2.03. The van der Waals surface area contributed by atoms with Gasteiger partial charge in [-0.05, 0) is 39.0 Å². The van der Waals surface area contributed by atoms with Gasteiger partial charge in [0, 0.05) is 6.42 Å². The van der Waals surface area contributed by atoms with E-state index >= 15 is 0 Å². The number of carbonyl (C=O) groups is 1. The Morgan fingerprint density at radius 1 is 1.36 bits per heavy atom. The lowest BCUT2D eigenvalue weighted by Crippen LogP contribution is -1.98. The summed E-state index contributed by atoms with van der Waals surface area (Å²) in [6.45, 7) is 6.41. The van der Waals surface area contributed by atoms with Gasteiger partial charge in [-0.3, -0.25) is 4.79 Å². The van der Waals surface area contributed by atoms with Crippen molar-refractivity contribution in [3.05, 3.63) is 11.6 Å². The summed E-state index contributed by atoms with van der Waals surface area (Å²) in [5, 5.41) is 8.47. The molecule has 14 heavy (non-hydrogen) atoms. The molecule has 0 saturated carbocycles. The van der Waals surface area contributed by atoms with Crippen LogP contribution in [0.2, 0.25) is 0 Å². The second kappa shape index (κ2) is 7.60. The van der Waals surface area contributed by atoms with Crippen molar-refractivity contribution in [1.82, 2.24) is 0 Å². The third kappa shape index (κ3) is 9.30. The van der Waals surface area contributed by atoms with E-state index in [0.717, 1.165) is 19.3 Å². The van der Waals surface area contributed by atoms with Gasteiger partial charge in [0.1, 0.15) is 0 Å². The van der Waals surface area contributed by atoms with Crippen molar-refractivity contribution in [2.75, 3.05) is 0 Å². The van der Waals surface area contributed by atoms with Gasteiger partial charge in [0.2, 0.25) is 0 Å². The molecule has 2 heteroatoms. The molecular formula is C12H22O2. The molecule has 0 amide bonds. The zero-order chi connectivity index (χ0) is 11.0. The van der Waals surface area contributed by atoms with Gasteiger partial charge in [-0.2, -0.15) is 0 Å². The van der Waals surface area contributed by atoms with Gasteiger partial charge in [-0.25, -0.2) is 0 Å². The molecule has 0 aliphatic carbocycles. The van der Waals surface area contributed by atoms with E-state index in [0.29, 0.717) is 12.3 Å². The lowest BCUT2D eigenvalue weighted by atomic mass is 9.98. The van der Waals surface area contributed by atoms with Gasteiger partial charge in [0.15, 0.2) is 0 Å². The van der Waals surface area contributed by atoms with E-state index in [-0.39, 0.29) is 0 Å². The zero-order valence-corrected chi connectivity index (χ0v) is 9.55. The van der Waals surface area contributed by atoms with Crippen LogP contribution in [0.3, 0.4) is 0 Å². The summed E-state index contributed by atoms with van der Waals surface area (Å²) in [6, 6.07) is 0. The monoisotopic (exact) mass is 198 g/mol. The van der Waals surface area contributed by atoms with E-state index in [1.165, 1.54) is 12.0 Å². The van der Waals surface area contributed by atoms with Crippen LogP contribution >= 0.6 is 0 Å². The summed E-state index contributed by atoms with van der Waals surface area (Å²) in [5.74, 6) is -0.0357. The Bertz CT molecular complexity index is 190. The predicted octanol–water partition coefficient (Wildman–Crippen LogP) is 3.62. The van der Waals surface area contributed by atoms with Crippen LogP contribution in [-0.2, 0) is 4.79 Å². The van der Waals surface area contributed by atoms with Crippen molar-refractivity contribution >= 4 is 5.97 Å². The second-order valence-electron chi connectivity index (χ2n) is 4.25. The van der Waals surface area contributed by atoms with Crippen molar-refractivity contribution in [3.8, 4) is 0 Å². The van der Waals surface area contributed by atoms with Crippen LogP contribution in [0.5, 0.6) is 0 Å². The number of hydrogen-bond acceptors (Lipinski definition) is 1. The first-order chi connectivity index (χ1) is 6.52. The van der Waals surface area contributed by atoms with E-state index in [9.17, 15) is 4.79 Å². The molecule has 0 aromatic heterocycles. The van der Waals surface area contributed by atoms with Crippen molar-refractivity contribution in [2.24, 2.45) is 5.92 Å². The molecule has 0 aromatic rings. The summed E-state index contributed by atoms with van der Waals surface area (Å²) >= 11 is 0. The summed E-state index contributed by atoms with van der Waals surface area (Å²) in [5.41, 5.74) is 1.36. The van der Waals surface area contributed by atoms with E-state index in [4.69, 9.17) is 5.11 Å². The minimum Gasteiger partial charge on any atom is -0.481 e. The Kier molecular flexibility index (Phi) is 7.17. The van der Waals surface area contributed by atoms with Gasteiger partial charge in [-0.1, -0.05) is 25.0 Å². The summed E-state index contributed by atoms with van der Waals surface area (Å²) in [4.78, 5) is 10.3. The zero-order valence-electron chi connectivity index (χ0n) is 9.55. The van der Waals surface area contributed by atoms with Crippen LogP contribution in [0.15, 0.2) is 11.6 Å². The molecule has 0 radical (unpaired) electrons. The minimum atomic E-state index is -0.679. The number of rotatable bonds is 7.